The van der Waals surface area contributed by atoms with Crippen LogP contribution in [0.2, 0.25) is 0 Å². The lowest BCUT2D eigenvalue weighted by atomic mass is 9.88. The maximum absolute atomic E-state index is 11.7. The van der Waals surface area contributed by atoms with Gasteiger partial charge in [0.2, 0.25) is 0 Å². The fourth-order valence-electron chi connectivity index (χ4n) is 3.69. The monoisotopic (exact) mass is 326 g/mol. The zero-order valence-electron chi connectivity index (χ0n) is 13.4. The van der Waals surface area contributed by atoms with E-state index in [0.29, 0.717) is 31.2 Å². The van der Waals surface area contributed by atoms with Gasteiger partial charge < -0.3 is 19.3 Å². The third kappa shape index (κ3) is 5.18. The van der Waals surface area contributed by atoms with Crippen molar-refractivity contribution in [2.75, 3.05) is 13.2 Å². The van der Waals surface area contributed by atoms with Gasteiger partial charge in [-0.2, -0.15) is 0 Å². The van der Waals surface area contributed by atoms with Crippen molar-refractivity contribution >= 4 is 11.9 Å². The Morgan fingerprint density at radius 3 is 2.26 bits per heavy atom. The second-order valence-corrected chi connectivity index (χ2v) is 7.12. The standard InChI is InChI=1S/C17H26O6/c18-13-3-1-2-11(6-13)9-21-16(19)8-17(20)22-10-12-4-5-14-15(7-12)23-14/h11-15,18H,1-10H2. The van der Waals surface area contributed by atoms with Crippen LogP contribution >= 0.6 is 0 Å². The van der Waals surface area contributed by atoms with Crippen LogP contribution in [-0.2, 0) is 23.8 Å². The topological polar surface area (TPSA) is 85.4 Å². The average Bonchev–Trinajstić information content (AvgIpc) is 3.30. The molecule has 1 saturated heterocycles. The Balaban J connectivity index is 1.27. The first-order valence-electron chi connectivity index (χ1n) is 8.75. The molecule has 1 heterocycles. The van der Waals surface area contributed by atoms with Crippen molar-refractivity contribution in [1.82, 2.24) is 0 Å². The third-order valence-electron chi connectivity index (χ3n) is 5.12. The van der Waals surface area contributed by atoms with Gasteiger partial charge in [-0.05, 0) is 50.4 Å². The summed E-state index contributed by atoms with van der Waals surface area (Å²) >= 11 is 0. The number of carbonyl (C=O) groups is 2. The number of hydrogen-bond donors (Lipinski definition) is 1. The van der Waals surface area contributed by atoms with Crippen molar-refractivity contribution in [3.8, 4) is 0 Å². The maximum atomic E-state index is 11.7. The largest absolute Gasteiger partial charge is 0.465 e. The van der Waals surface area contributed by atoms with Crippen LogP contribution in [0, 0.1) is 11.8 Å². The first-order valence-corrected chi connectivity index (χ1v) is 8.75. The second-order valence-electron chi connectivity index (χ2n) is 7.12. The van der Waals surface area contributed by atoms with Gasteiger partial charge in [-0.15, -0.1) is 0 Å². The third-order valence-corrected chi connectivity index (χ3v) is 5.12. The molecule has 5 unspecified atom stereocenters. The first kappa shape index (κ1) is 16.7. The van der Waals surface area contributed by atoms with Gasteiger partial charge in [0.15, 0.2) is 0 Å². The van der Waals surface area contributed by atoms with E-state index in [1.54, 1.807) is 0 Å². The molecule has 0 aromatic heterocycles. The van der Waals surface area contributed by atoms with Crippen molar-refractivity contribution < 1.29 is 28.9 Å². The lowest BCUT2D eigenvalue weighted by Gasteiger charge is -2.25. The Hall–Kier alpha value is -1.14. The number of carbonyl (C=O) groups excluding carboxylic acids is 2. The summed E-state index contributed by atoms with van der Waals surface area (Å²) in [5.41, 5.74) is 0. The van der Waals surface area contributed by atoms with E-state index < -0.39 is 11.9 Å². The molecule has 0 amide bonds. The lowest BCUT2D eigenvalue weighted by Crippen LogP contribution is -2.25. The number of aliphatic hydroxyl groups is 1. The molecule has 0 aromatic carbocycles. The Morgan fingerprint density at radius 1 is 0.913 bits per heavy atom. The number of hydrogen-bond acceptors (Lipinski definition) is 6. The van der Waals surface area contributed by atoms with E-state index >= 15 is 0 Å². The Kier molecular flexibility index (Phi) is 5.54. The summed E-state index contributed by atoms with van der Waals surface area (Å²) < 4.78 is 15.8. The molecule has 5 atom stereocenters. The molecule has 2 saturated carbocycles. The number of aliphatic hydroxyl groups excluding tert-OH is 1. The number of epoxide rings is 1. The molecule has 6 heteroatoms. The van der Waals surface area contributed by atoms with E-state index in [1.165, 1.54) is 0 Å². The predicted molar refractivity (Wildman–Crippen MR) is 80.5 cm³/mol. The summed E-state index contributed by atoms with van der Waals surface area (Å²) in [4.78, 5) is 23.4. The lowest BCUT2D eigenvalue weighted by molar-refractivity contribution is -0.156. The molecule has 0 spiro atoms. The van der Waals surface area contributed by atoms with E-state index in [4.69, 9.17) is 14.2 Å². The maximum Gasteiger partial charge on any atom is 0.317 e. The van der Waals surface area contributed by atoms with Gasteiger partial charge in [0, 0.05) is 0 Å². The fraction of sp³-hybridized carbons (Fsp3) is 0.882. The van der Waals surface area contributed by atoms with Crippen LogP contribution in [-0.4, -0.2) is 48.6 Å². The van der Waals surface area contributed by atoms with Crippen LogP contribution in [0.4, 0.5) is 0 Å². The molecule has 3 aliphatic rings. The van der Waals surface area contributed by atoms with Crippen LogP contribution in [0.15, 0.2) is 0 Å². The number of esters is 2. The van der Waals surface area contributed by atoms with Crippen molar-refractivity contribution in [2.24, 2.45) is 11.8 Å². The smallest absolute Gasteiger partial charge is 0.317 e. The summed E-state index contributed by atoms with van der Waals surface area (Å²) in [5.74, 6) is -0.503. The second kappa shape index (κ2) is 7.62. The Morgan fingerprint density at radius 2 is 1.61 bits per heavy atom. The van der Waals surface area contributed by atoms with E-state index in [0.717, 1.165) is 38.5 Å². The van der Waals surface area contributed by atoms with Gasteiger partial charge in [-0.1, -0.05) is 6.42 Å². The molecule has 0 aromatic rings. The van der Waals surface area contributed by atoms with E-state index in [9.17, 15) is 14.7 Å². The zero-order chi connectivity index (χ0) is 16.2. The molecule has 0 radical (unpaired) electrons. The van der Waals surface area contributed by atoms with E-state index in [-0.39, 0.29) is 25.0 Å². The van der Waals surface area contributed by atoms with Crippen molar-refractivity contribution in [3.63, 3.8) is 0 Å². The predicted octanol–water partition coefficient (Wildman–Crippen LogP) is 1.58. The van der Waals surface area contributed by atoms with Gasteiger partial charge >= 0.3 is 11.9 Å². The molecule has 130 valence electrons. The number of rotatable bonds is 6. The molecule has 23 heavy (non-hydrogen) atoms. The summed E-state index contributed by atoms with van der Waals surface area (Å²) in [7, 11) is 0. The van der Waals surface area contributed by atoms with Crippen LogP contribution in [0.1, 0.15) is 51.4 Å². The van der Waals surface area contributed by atoms with Gasteiger partial charge in [0.1, 0.15) is 6.42 Å². The molecule has 1 aliphatic heterocycles. The van der Waals surface area contributed by atoms with Crippen molar-refractivity contribution in [3.05, 3.63) is 0 Å². The first-order chi connectivity index (χ1) is 11.1. The average molecular weight is 326 g/mol. The molecular weight excluding hydrogens is 300 g/mol. The van der Waals surface area contributed by atoms with Crippen LogP contribution < -0.4 is 0 Å². The molecular formula is C17H26O6. The molecule has 1 N–H and O–H groups in total. The molecule has 0 bridgehead atoms. The minimum atomic E-state index is -0.538. The van der Waals surface area contributed by atoms with Gasteiger partial charge in [0.25, 0.3) is 0 Å². The SMILES string of the molecule is O=C(CC(=O)OCC1CCC2OC2C1)OCC1CCCC(O)C1. The minimum absolute atomic E-state index is 0.201. The molecule has 3 rings (SSSR count). The normalized spacial score (nSPS) is 36.0. The van der Waals surface area contributed by atoms with Crippen molar-refractivity contribution in [2.45, 2.75) is 69.7 Å². The highest BCUT2D eigenvalue weighted by molar-refractivity contribution is 5.91. The summed E-state index contributed by atoms with van der Waals surface area (Å²) in [6.07, 6.45) is 6.61. The molecule has 2 aliphatic carbocycles. The quantitative estimate of drug-likeness (QED) is 0.453. The van der Waals surface area contributed by atoms with E-state index in [1.807, 2.05) is 0 Å². The summed E-state index contributed by atoms with van der Waals surface area (Å²) in [6.45, 7) is 0.652. The van der Waals surface area contributed by atoms with Gasteiger partial charge in [-0.3, -0.25) is 9.59 Å². The molecule has 3 fully saturated rings. The summed E-state index contributed by atoms with van der Waals surface area (Å²) in [5, 5.41) is 9.58. The highest BCUT2D eigenvalue weighted by Gasteiger charge is 2.44. The molecule has 6 nitrogen and oxygen atoms in total. The van der Waals surface area contributed by atoms with E-state index in [2.05, 4.69) is 0 Å². The minimum Gasteiger partial charge on any atom is -0.465 e. The van der Waals surface area contributed by atoms with Crippen LogP contribution in [0.5, 0.6) is 0 Å². The van der Waals surface area contributed by atoms with Gasteiger partial charge in [0.05, 0.1) is 31.5 Å². The Bertz CT molecular complexity index is 417. The van der Waals surface area contributed by atoms with Gasteiger partial charge in [-0.25, -0.2) is 0 Å². The highest BCUT2D eigenvalue weighted by Crippen LogP contribution is 2.39. The van der Waals surface area contributed by atoms with Crippen molar-refractivity contribution in [1.29, 1.82) is 0 Å². The zero-order valence-corrected chi connectivity index (χ0v) is 13.4. The number of ether oxygens (including phenoxy) is 3. The highest BCUT2D eigenvalue weighted by atomic mass is 16.6. The fourth-order valence-corrected chi connectivity index (χ4v) is 3.69. The summed E-state index contributed by atoms with van der Waals surface area (Å²) in [6, 6.07) is 0. The number of fused-ring (bicyclic) bond motifs is 1. The Labute approximate surface area is 136 Å². The van der Waals surface area contributed by atoms with Crippen LogP contribution in [0.25, 0.3) is 0 Å². The van der Waals surface area contributed by atoms with Crippen LogP contribution in [0.3, 0.4) is 0 Å².